The lowest BCUT2D eigenvalue weighted by atomic mass is 10.2. The first kappa shape index (κ1) is 15.8. The molecule has 0 saturated heterocycles. The summed E-state index contributed by atoms with van der Waals surface area (Å²) in [4.78, 5) is 11.1. The molecule has 0 radical (unpaired) electrons. The van der Waals surface area contributed by atoms with Crippen LogP contribution in [0, 0.1) is 0 Å². The maximum atomic E-state index is 12.0. The molecule has 0 unspecified atom stereocenters. The number of carboxylic acid groups (broad SMARTS) is 1. The molecule has 7 heteroatoms. The van der Waals surface area contributed by atoms with Crippen LogP contribution in [0.3, 0.4) is 0 Å². The molecule has 0 atom stereocenters. The van der Waals surface area contributed by atoms with Gasteiger partial charge in [-0.2, -0.15) is 11.8 Å². The average Bonchev–Trinajstić information content (AvgIpc) is 2.38. The van der Waals surface area contributed by atoms with E-state index in [0.717, 1.165) is 11.8 Å². The SMILES string of the molecule is COc1ccc(S(=O)(=O)CCCSC)cc1C(=O)O. The van der Waals surface area contributed by atoms with Crippen molar-refractivity contribution in [1.82, 2.24) is 0 Å². The zero-order valence-corrected chi connectivity index (χ0v) is 12.4. The van der Waals surface area contributed by atoms with Crippen molar-refractivity contribution in [2.24, 2.45) is 0 Å². The minimum Gasteiger partial charge on any atom is -0.496 e. The summed E-state index contributed by atoms with van der Waals surface area (Å²) < 4.78 is 29.0. The van der Waals surface area contributed by atoms with Crippen molar-refractivity contribution in [2.75, 3.05) is 24.9 Å². The van der Waals surface area contributed by atoms with Crippen molar-refractivity contribution in [3.63, 3.8) is 0 Å². The zero-order chi connectivity index (χ0) is 14.5. The van der Waals surface area contributed by atoms with E-state index in [2.05, 4.69) is 0 Å². The standard InChI is InChI=1S/C12H16O5S2/c1-17-11-5-4-9(8-10(11)12(13)14)19(15,16)7-3-6-18-2/h4-5,8H,3,6-7H2,1-2H3,(H,13,14). The molecule has 106 valence electrons. The summed E-state index contributed by atoms with van der Waals surface area (Å²) in [5.41, 5.74) is -0.145. The summed E-state index contributed by atoms with van der Waals surface area (Å²) in [7, 11) is -2.10. The van der Waals surface area contributed by atoms with E-state index in [4.69, 9.17) is 9.84 Å². The number of sulfone groups is 1. The van der Waals surface area contributed by atoms with E-state index in [9.17, 15) is 13.2 Å². The van der Waals surface area contributed by atoms with Crippen molar-refractivity contribution in [2.45, 2.75) is 11.3 Å². The van der Waals surface area contributed by atoms with E-state index >= 15 is 0 Å². The minimum atomic E-state index is -3.45. The van der Waals surface area contributed by atoms with E-state index in [1.165, 1.54) is 19.2 Å². The maximum absolute atomic E-state index is 12.0. The second-order valence-corrected chi connectivity index (χ2v) is 6.93. The average molecular weight is 304 g/mol. The van der Waals surface area contributed by atoms with E-state index in [1.54, 1.807) is 11.8 Å². The van der Waals surface area contributed by atoms with Gasteiger partial charge in [0.15, 0.2) is 9.84 Å². The fourth-order valence-electron chi connectivity index (χ4n) is 1.56. The Balaban J connectivity index is 3.07. The summed E-state index contributed by atoms with van der Waals surface area (Å²) in [5.74, 6) is -0.297. The van der Waals surface area contributed by atoms with Gasteiger partial charge in [0.1, 0.15) is 11.3 Å². The van der Waals surface area contributed by atoms with Gasteiger partial charge in [0, 0.05) is 0 Å². The summed E-state index contributed by atoms with van der Waals surface area (Å²) in [6.07, 6.45) is 2.44. The third-order valence-electron chi connectivity index (χ3n) is 2.52. The van der Waals surface area contributed by atoms with Crippen LogP contribution in [0.5, 0.6) is 5.75 Å². The molecule has 0 amide bonds. The normalized spacial score (nSPS) is 11.3. The number of rotatable bonds is 7. The van der Waals surface area contributed by atoms with Crippen LogP contribution in [0.1, 0.15) is 16.8 Å². The number of carboxylic acids is 1. The highest BCUT2D eigenvalue weighted by atomic mass is 32.2. The van der Waals surface area contributed by atoms with Gasteiger partial charge in [-0.15, -0.1) is 0 Å². The Morgan fingerprint density at radius 2 is 2.11 bits per heavy atom. The summed E-state index contributed by atoms with van der Waals surface area (Å²) in [6, 6.07) is 3.89. The third-order valence-corrected chi connectivity index (χ3v) is 5.02. The zero-order valence-electron chi connectivity index (χ0n) is 10.8. The number of hydrogen-bond donors (Lipinski definition) is 1. The van der Waals surface area contributed by atoms with Crippen LogP contribution < -0.4 is 4.74 Å². The van der Waals surface area contributed by atoms with E-state index in [0.29, 0.717) is 6.42 Å². The van der Waals surface area contributed by atoms with E-state index < -0.39 is 15.8 Å². The van der Waals surface area contributed by atoms with Crippen LogP contribution in [0.15, 0.2) is 23.1 Å². The van der Waals surface area contributed by atoms with Crippen LogP contribution in [-0.4, -0.2) is 44.4 Å². The van der Waals surface area contributed by atoms with Gasteiger partial charge in [-0.05, 0) is 36.6 Å². The summed E-state index contributed by atoms with van der Waals surface area (Å²) in [5, 5.41) is 9.02. The van der Waals surface area contributed by atoms with E-state index in [1.807, 2.05) is 6.26 Å². The molecule has 0 aromatic heterocycles. The fourth-order valence-corrected chi connectivity index (χ4v) is 3.51. The lowest BCUT2D eigenvalue weighted by Crippen LogP contribution is -2.10. The first-order chi connectivity index (χ1) is 8.92. The van der Waals surface area contributed by atoms with Gasteiger partial charge >= 0.3 is 5.97 Å². The lowest BCUT2D eigenvalue weighted by Gasteiger charge is -2.08. The molecule has 1 aromatic rings. The number of thioether (sulfide) groups is 1. The molecule has 0 bridgehead atoms. The molecule has 0 fully saturated rings. The van der Waals surface area contributed by atoms with Gasteiger partial charge in [-0.3, -0.25) is 0 Å². The number of methoxy groups -OCH3 is 1. The molecule has 5 nitrogen and oxygen atoms in total. The molecule has 0 saturated carbocycles. The quantitative estimate of drug-likeness (QED) is 0.775. The summed E-state index contributed by atoms with van der Waals surface area (Å²) >= 11 is 1.57. The molecule has 1 N–H and O–H groups in total. The predicted octanol–water partition coefficient (Wildman–Crippen LogP) is 1.92. The molecule has 1 rings (SSSR count). The second kappa shape index (κ2) is 6.81. The molecule has 0 aliphatic rings. The fraction of sp³-hybridized carbons (Fsp3) is 0.417. The Labute approximate surface area is 116 Å². The van der Waals surface area contributed by atoms with Crippen LogP contribution in [0.25, 0.3) is 0 Å². The van der Waals surface area contributed by atoms with Gasteiger partial charge < -0.3 is 9.84 Å². The Bertz CT molecular complexity index is 551. The van der Waals surface area contributed by atoms with Crippen LogP contribution in [0.2, 0.25) is 0 Å². The largest absolute Gasteiger partial charge is 0.496 e. The highest BCUT2D eigenvalue weighted by Crippen LogP contribution is 2.23. The number of ether oxygens (including phenoxy) is 1. The van der Waals surface area contributed by atoms with Gasteiger partial charge in [0.25, 0.3) is 0 Å². The molecule has 0 aliphatic heterocycles. The van der Waals surface area contributed by atoms with Gasteiger partial charge in [0.2, 0.25) is 0 Å². The van der Waals surface area contributed by atoms with E-state index in [-0.39, 0.29) is 22.0 Å². The Morgan fingerprint density at radius 1 is 1.42 bits per heavy atom. The molecule has 0 heterocycles. The van der Waals surface area contributed by atoms with Crippen LogP contribution in [-0.2, 0) is 9.84 Å². The van der Waals surface area contributed by atoms with Crippen LogP contribution in [0.4, 0.5) is 0 Å². The Kier molecular flexibility index (Phi) is 5.68. The minimum absolute atomic E-state index is 0.0131. The highest BCUT2D eigenvalue weighted by molar-refractivity contribution is 7.98. The number of carbonyl (C=O) groups is 1. The number of aromatic carboxylic acids is 1. The predicted molar refractivity (Wildman–Crippen MR) is 75.0 cm³/mol. The lowest BCUT2D eigenvalue weighted by molar-refractivity contribution is 0.0693. The number of benzene rings is 1. The Morgan fingerprint density at radius 3 is 2.63 bits per heavy atom. The molecule has 0 spiro atoms. The molecule has 0 aliphatic carbocycles. The highest BCUT2D eigenvalue weighted by Gasteiger charge is 2.19. The van der Waals surface area contributed by atoms with Gasteiger partial charge in [0.05, 0.1) is 17.8 Å². The third kappa shape index (κ3) is 4.14. The summed E-state index contributed by atoms with van der Waals surface area (Å²) in [6.45, 7) is 0. The topological polar surface area (TPSA) is 80.7 Å². The van der Waals surface area contributed by atoms with Crippen molar-refractivity contribution in [1.29, 1.82) is 0 Å². The second-order valence-electron chi connectivity index (χ2n) is 3.83. The monoisotopic (exact) mass is 304 g/mol. The Hall–Kier alpha value is -1.21. The number of hydrogen-bond acceptors (Lipinski definition) is 5. The first-order valence-corrected chi connectivity index (χ1v) is 8.60. The smallest absolute Gasteiger partial charge is 0.339 e. The van der Waals surface area contributed by atoms with Gasteiger partial charge in [-0.25, -0.2) is 13.2 Å². The molecular formula is C12H16O5S2. The van der Waals surface area contributed by atoms with Crippen LogP contribution >= 0.6 is 11.8 Å². The van der Waals surface area contributed by atoms with Crippen molar-refractivity contribution in [3.05, 3.63) is 23.8 Å². The molecule has 19 heavy (non-hydrogen) atoms. The van der Waals surface area contributed by atoms with Crippen molar-refractivity contribution >= 4 is 27.6 Å². The van der Waals surface area contributed by atoms with Crippen molar-refractivity contribution < 1.29 is 23.1 Å². The first-order valence-electron chi connectivity index (χ1n) is 5.55. The maximum Gasteiger partial charge on any atom is 0.339 e. The molecule has 1 aromatic carbocycles. The van der Waals surface area contributed by atoms with Gasteiger partial charge in [-0.1, -0.05) is 0 Å². The van der Waals surface area contributed by atoms with Crippen molar-refractivity contribution in [3.8, 4) is 5.75 Å². The molecular weight excluding hydrogens is 288 g/mol.